The number of carbonyl (C=O) groups excluding carboxylic acids is 7. The summed E-state index contributed by atoms with van der Waals surface area (Å²) in [6.45, 7) is 1.31. The number of hydrogen-bond donors (Lipinski definition) is 5. The van der Waals surface area contributed by atoms with Crippen molar-refractivity contribution >= 4 is 73.5 Å². The molecule has 2 atom stereocenters. The van der Waals surface area contributed by atoms with Gasteiger partial charge in [-0.25, -0.2) is 13.4 Å². The van der Waals surface area contributed by atoms with Gasteiger partial charge in [-0.05, 0) is 55.7 Å². The highest BCUT2D eigenvalue weighted by Gasteiger charge is 2.44. The van der Waals surface area contributed by atoms with E-state index in [9.17, 15) is 42.0 Å². The molecule has 5 aromatic rings. The Hall–Kier alpha value is -7.43. The van der Waals surface area contributed by atoms with Crippen LogP contribution in [-0.2, 0) is 33.9 Å². The summed E-state index contributed by atoms with van der Waals surface area (Å²) in [6, 6.07) is 20.4. The van der Waals surface area contributed by atoms with Crippen molar-refractivity contribution < 1.29 is 56.2 Å². The number of imide groups is 2. The third-order valence-electron chi connectivity index (χ3n) is 10.6. The monoisotopic (exact) mass is 968 g/mol. The number of benzene rings is 3. The van der Waals surface area contributed by atoms with E-state index in [1.54, 1.807) is 41.8 Å². The third-order valence-corrected chi connectivity index (χ3v) is 12.4. The Balaban J connectivity index is 0.785. The summed E-state index contributed by atoms with van der Waals surface area (Å²) in [5.74, 6) is -2.61. The van der Waals surface area contributed by atoms with Crippen molar-refractivity contribution in [2.45, 2.75) is 44.2 Å². The van der Waals surface area contributed by atoms with Crippen LogP contribution < -0.4 is 36.1 Å². The normalized spacial score (nSPS) is 15.0. The lowest BCUT2D eigenvalue weighted by atomic mass is 10.0. The number of piperidine rings is 1. The van der Waals surface area contributed by atoms with Gasteiger partial charge in [0.1, 0.15) is 36.8 Å². The highest BCUT2D eigenvalue weighted by molar-refractivity contribution is 7.89. The van der Waals surface area contributed by atoms with Crippen LogP contribution in [0.15, 0.2) is 96.6 Å². The molecule has 3 aromatic carbocycles. The molecule has 356 valence electrons. The quantitative estimate of drug-likeness (QED) is 0.0464. The topological polar surface area (TPSA) is 263 Å². The van der Waals surface area contributed by atoms with Crippen LogP contribution in [0.1, 0.15) is 63.2 Å². The Morgan fingerprint density at radius 1 is 0.882 bits per heavy atom. The average molecular weight is 969 g/mol. The van der Waals surface area contributed by atoms with Crippen LogP contribution in [0.4, 0.5) is 10.8 Å². The van der Waals surface area contributed by atoms with Gasteiger partial charge in [0.2, 0.25) is 33.7 Å². The summed E-state index contributed by atoms with van der Waals surface area (Å²) in [5.41, 5.74) is 2.53. The first-order chi connectivity index (χ1) is 32.7. The second-order valence-corrected chi connectivity index (χ2v) is 18.3. The molecule has 0 bridgehead atoms. The molecule has 2 aliphatic rings. The maximum atomic E-state index is 13.4. The Labute approximate surface area is 394 Å². The number of carbonyl (C=O) groups is 7. The van der Waals surface area contributed by atoms with Crippen LogP contribution in [0.3, 0.4) is 0 Å². The molecule has 4 heterocycles. The molecule has 1 saturated heterocycles. The fourth-order valence-electron chi connectivity index (χ4n) is 7.18. The zero-order valence-corrected chi connectivity index (χ0v) is 38.4. The van der Waals surface area contributed by atoms with E-state index >= 15 is 0 Å². The molecule has 20 nitrogen and oxygen atoms in total. The lowest BCUT2D eigenvalue weighted by Gasteiger charge is -2.27. The number of hydrogen-bond acceptors (Lipinski definition) is 15. The zero-order chi connectivity index (χ0) is 48.2. The van der Waals surface area contributed by atoms with Crippen molar-refractivity contribution in [3.8, 4) is 22.8 Å². The number of ether oxygens (including phenoxy) is 3. The Morgan fingerprint density at radius 2 is 1.63 bits per heavy atom. The van der Waals surface area contributed by atoms with Gasteiger partial charge in [-0.2, -0.15) is 0 Å². The molecule has 5 N–H and O–H groups in total. The minimum Gasteiger partial charge on any atom is -0.492 e. The molecule has 0 aliphatic carbocycles. The number of rotatable bonds is 23. The lowest BCUT2D eigenvalue weighted by Crippen LogP contribution is -2.54. The van der Waals surface area contributed by atoms with Gasteiger partial charge in [0, 0.05) is 67.7 Å². The van der Waals surface area contributed by atoms with Crippen LogP contribution in [0, 0.1) is 0 Å². The number of nitrogens with zero attached hydrogens (tertiary/aromatic N) is 3. The number of anilines is 2. The Bertz CT molecular complexity index is 2800. The van der Waals surface area contributed by atoms with Crippen molar-refractivity contribution in [1.82, 2.24) is 29.8 Å². The summed E-state index contributed by atoms with van der Waals surface area (Å²) in [6.07, 6.45) is 4.15. The summed E-state index contributed by atoms with van der Waals surface area (Å²) < 4.78 is 42.1. The fourth-order valence-corrected chi connectivity index (χ4v) is 8.49. The molecule has 2 aliphatic heterocycles. The van der Waals surface area contributed by atoms with E-state index < -0.39 is 57.6 Å². The number of aromatic nitrogens is 2. The standard InChI is InChI=1S/C46H48N8O12S2/c1-68(62,63)53-20-16-30(27-53)41(57)49-36(42(58)52-46-50-37(28-67-46)29-7-3-2-4-8-29)17-22-64-21-6-11-39(55)48-19-24-66-33-10-5-9-32(26-33)65-23-18-47-31-12-13-34-35(25-31)45(61)54(44(34)60)38-14-15-40(56)51-43(38)59/h2-5,7-10,12-13,16,20,25-28,36,38,47H,6,11,14-15,17-19,21-24H2,1H3,(H,48,55)(H,49,57)(H,50,52,58)(H,51,56,59)/t36-,38?/m0/s1. The Kier molecular flexibility index (Phi) is 16.0. The van der Waals surface area contributed by atoms with E-state index in [1.165, 1.54) is 29.7 Å². The highest BCUT2D eigenvalue weighted by atomic mass is 32.2. The van der Waals surface area contributed by atoms with Crippen molar-refractivity contribution in [3.05, 3.63) is 113 Å². The van der Waals surface area contributed by atoms with E-state index in [1.807, 2.05) is 30.3 Å². The van der Waals surface area contributed by atoms with Crippen molar-refractivity contribution in [1.29, 1.82) is 0 Å². The molecule has 0 saturated carbocycles. The Morgan fingerprint density at radius 3 is 2.37 bits per heavy atom. The molecule has 7 amide bonds. The van der Waals surface area contributed by atoms with Crippen LogP contribution in [0.2, 0.25) is 0 Å². The summed E-state index contributed by atoms with van der Waals surface area (Å²) in [5, 5.41) is 15.7. The molecular formula is C46H48N8O12S2. The number of amides is 7. The predicted molar refractivity (Wildman–Crippen MR) is 249 cm³/mol. The van der Waals surface area contributed by atoms with Gasteiger partial charge < -0.3 is 35.5 Å². The molecule has 1 fully saturated rings. The van der Waals surface area contributed by atoms with Gasteiger partial charge in [-0.3, -0.25) is 47.8 Å². The number of thiazole rings is 1. The summed E-state index contributed by atoms with van der Waals surface area (Å²) in [7, 11) is -3.62. The van der Waals surface area contributed by atoms with Crippen LogP contribution in [0.25, 0.3) is 11.3 Å². The van der Waals surface area contributed by atoms with E-state index in [2.05, 4.69) is 31.6 Å². The van der Waals surface area contributed by atoms with Gasteiger partial charge in [0.15, 0.2) is 5.13 Å². The van der Waals surface area contributed by atoms with Gasteiger partial charge in [-0.1, -0.05) is 36.4 Å². The third kappa shape index (κ3) is 12.7. The largest absolute Gasteiger partial charge is 0.492 e. The number of nitrogens with one attached hydrogen (secondary N) is 5. The van der Waals surface area contributed by atoms with E-state index in [-0.39, 0.29) is 81.3 Å². The van der Waals surface area contributed by atoms with Gasteiger partial charge in [0.25, 0.3) is 17.7 Å². The van der Waals surface area contributed by atoms with Crippen LogP contribution >= 0.6 is 11.3 Å². The van der Waals surface area contributed by atoms with Crippen molar-refractivity contribution in [2.75, 3.05) is 56.4 Å². The van der Waals surface area contributed by atoms with Crippen molar-refractivity contribution in [2.24, 2.45) is 0 Å². The number of fused-ring (bicyclic) bond motifs is 1. The molecule has 68 heavy (non-hydrogen) atoms. The van der Waals surface area contributed by atoms with E-state index in [4.69, 9.17) is 14.2 Å². The molecular weight excluding hydrogens is 921 g/mol. The molecule has 0 spiro atoms. The second kappa shape index (κ2) is 22.4. The van der Waals surface area contributed by atoms with E-state index in [0.29, 0.717) is 41.0 Å². The van der Waals surface area contributed by atoms with E-state index in [0.717, 1.165) is 26.9 Å². The zero-order valence-electron chi connectivity index (χ0n) is 36.7. The first-order valence-electron chi connectivity index (χ1n) is 21.5. The predicted octanol–water partition coefficient (Wildman–Crippen LogP) is 3.43. The summed E-state index contributed by atoms with van der Waals surface area (Å²) in [4.78, 5) is 94.4. The maximum Gasteiger partial charge on any atom is 0.262 e. The molecule has 7 rings (SSSR count). The van der Waals surface area contributed by atoms with Gasteiger partial charge in [0.05, 0.1) is 35.2 Å². The smallest absolute Gasteiger partial charge is 0.262 e. The van der Waals surface area contributed by atoms with Crippen LogP contribution in [-0.4, -0.2) is 121 Å². The maximum absolute atomic E-state index is 13.4. The fraction of sp³-hybridized carbons (Fsp3) is 0.304. The molecule has 1 unspecified atom stereocenters. The molecule has 0 radical (unpaired) electrons. The van der Waals surface area contributed by atoms with Crippen LogP contribution in [0.5, 0.6) is 11.5 Å². The highest BCUT2D eigenvalue weighted by Crippen LogP contribution is 2.30. The minimum atomic E-state index is -3.62. The minimum absolute atomic E-state index is 0.0379. The first kappa shape index (κ1) is 48.5. The van der Waals surface area contributed by atoms with Crippen molar-refractivity contribution in [3.63, 3.8) is 0 Å². The SMILES string of the molecule is CS(=O)(=O)n1ccc(C(=O)N[C@@H](CCOCCCC(=O)NCCOc2cccc(OCCNc3ccc4c(c3)C(=O)N(C3CCC(=O)NC3=O)C4=O)c2)C(=O)Nc2nc(-c3ccccc3)cs2)c1. The van der Waals surface area contributed by atoms with Gasteiger partial charge in [-0.15, -0.1) is 11.3 Å². The molecule has 2 aromatic heterocycles. The second-order valence-electron chi connectivity index (χ2n) is 15.6. The summed E-state index contributed by atoms with van der Waals surface area (Å²) >= 11 is 1.23. The average Bonchev–Trinajstić information content (AvgIpc) is 4.07. The van der Waals surface area contributed by atoms with Gasteiger partial charge >= 0.3 is 0 Å². The first-order valence-corrected chi connectivity index (χ1v) is 24.3. The molecule has 22 heteroatoms. The lowest BCUT2D eigenvalue weighted by molar-refractivity contribution is -0.136.